The van der Waals surface area contributed by atoms with E-state index in [1.807, 2.05) is 0 Å². The third kappa shape index (κ3) is 23.4. The summed E-state index contributed by atoms with van der Waals surface area (Å²) in [6.07, 6.45) is 19.2. The van der Waals surface area contributed by atoms with Crippen LogP contribution >= 0.6 is 0 Å². The Labute approximate surface area is 104 Å². The lowest BCUT2D eigenvalue weighted by Gasteiger charge is -1.83. The molecule has 0 atom stereocenters. The van der Waals surface area contributed by atoms with Crippen LogP contribution in [0.5, 0.6) is 0 Å². The highest BCUT2D eigenvalue weighted by molar-refractivity contribution is 4.80. The molecule has 0 saturated heterocycles. The Balaban J connectivity index is 0. The highest BCUT2D eigenvalue weighted by atomic mass is 13.8. The maximum Gasteiger partial charge on any atom is -0.0353 e. The Kier molecular flexibility index (Phi) is 22.3. The summed E-state index contributed by atoms with van der Waals surface area (Å²) in [5, 5.41) is 0. The van der Waals surface area contributed by atoms with Gasteiger partial charge in [0.1, 0.15) is 0 Å². The number of allylic oxidation sites excluding steroid dienone is 4. The minimum atomic E-state index is 1.25. The second-order valence-corrected chi connectivity index (χ2v) is 4.10. The highest BCUT2D eigenvalue weighted by Crippen LogP contribution is 1.93. The molecule has 0 heteroatoms. The summed E-state index contributed by atoms with van der Waals surface area (Å²) < 4.78 is 0. The van der Waals surface area contributed by atoms with Gasteiger partial charge in [0.2, 0.25) is 0 Å². The van der Waals surface area contributed by atoms with Crippen molar-refractivity contribution in [1.82, 2.24) is 0 Å². The van der Waals surface area contributed by atoms with Crippen LogP contribution in [-0.2, 0) is 0 Å². The molecule has 0 aliphatic heterocycles. The van der Waals surface area contributed by atoms with Gasteiger partial charge in [-0.1, -0.05) is 77.7 Å². The summed E-state index contributed by atoms with van der Waals surface area (Å²) in [6.45, 7) is 8.82. The average Bonchev–Trinajstić information content (AvgIpc) is 2.31. The molecule has 0 aromatic rings. The molecule has 0 amide bonds. The number of hydrogen-bond donors (Lipinski definition) is 0. The summed E-state index contributed by atoms with van der Waals surface area (Å²) in [5.74, 6) is 0. The Bertz CT molecular complexity index is 108. The van der Waals surface area contributed by atoms with Crippen LogP contribution < -0.4 is 0 Å². The standard InChI is InChI=1S/2C8H16/c2*1-3-5-7-8-6-4-2/h2*7-8H,3-6H2,1-2H3. The molecule has 0 N–H and O–H groups in total. The fourth-order valence-corrected chi connectivity index (χ4v) is 1.14. The minimum absolute atomic E-state index is 1.25. The van der Waals surface area contributed by atoms with Gasteiger partial charge in [0.05, 0.1) is 0 Å². The molecule has 16 heavy (non-hydrogen) atoms. The van der Waals surface area contributed by atoms with Gasteiger partial charge in [-0.15, -0.1) is 0 Å². The van der Waals surface area contributed by atoms with E-state index in [9.17, 15) is 0 Å². The van der Waals surface area contributed by atoms with E-state index in [0.717, 1.165) is 0 Å². The van der Waals surface area contributed by atoms with Crippen molar-refractivity contribution in [3.63, 3.8) is 0 Å². The Hall–Kier alpha value is -0.520. The van der Waals surface area contributed by atoms with E-state index in [4.69, 9.17) is 0 Å². The molecule has 0 saturated carbocycles. The second-order valence-electron chi connectivity index (χ2n) is 4.10. The summed E-state index contributed by atoms with van der Waals surface area (Å²) in [6, 6.07) is 0. The van der Waals surface area contributed by atoms with Gasteiger partial charge in [0.25, 0.3) is 0 Å². The van der Waals surface area contributed by atoms with Crippen molar-refractivity contribution in [3.8, 4) is 0 Å². The van der Waals surface area contributed by atoms with E-state index in [1.165, 1.54) is 51.4 Å². The van der Waals surface area contributed by atoms with Crippen LogP contribution in [0, 0.1) is 0 Å². The zero-order valence-corrected chi connectivity index (χ0v) is 12.0. The largest absolute Gasteiger partial charge is 0.0885 e. The molecule has 96 valence electrons. The SMILES string of the molecule is CCCC=CCCC.CCCC=CCCC. The molecule has 0 radical (unpaired) electrons. The summed E-state index contributed by atoms with van der Waals surface area (Å²) in [7, 11) is 0. The van der Waals surface area contributed by atoms with Crippen LogP contribution in [0.2, 0.25) is 0 Å². The predicted molar refractivity (Wildman–Crippen MR) is 77.9 cm³/mol. The number of hydrogen-bond acceptors (Lipinski definition) is 0. The van der Waals surface area contributed by atoms with Gasteiger partial charge in [-0.2, -0.15) is 0 Å². The summed E-state index contributed by atoms with van der Waals surface area (Å²) in [5.41, 5.74) is 0. The summed E-state index contributed by atoms with van der Waals surface area (Å²) in [4.78, 5) is 0. The quantitative estimate of drug-likeness (QED) is 0.425. The zero-order chi connectivity index (χ0) is 12.5. The van der Waals surface area contributed by atoms with Crippen LogP contribution in [0.3, 0.4) is 0 Å². The first-order valence-electron chi connectivity index (χ1n) is 7.13. The van der Waals surface area contributed by atoms with Crippen molar-refractivity contribution >= 4 is 0 Å². The van der Waals surface area contributed by atoms with Crippen molar-refractivity contribution in [2.75, 3.05) is 0 Å². The molecule has 0 fully saturated rings. The molecule has 0 nitrogen and oxygen atoms in total. The van der Waals surface area contributed by atoms with Crippen molar-refractivity contribution in [2.45, 2.75) is 79.1 Å². The van der Waals surface area contributed by atoms with Crippen molar-refractivity contribution in [3.05, 3.63) is 24.3 Å². The van der Waals surface area contributed by atoms with Crippen LogP contribution in [0.4, 0.5) is 0 Å². The average molecular weight is 224 g/mol. The topological polar surface area (TPSA) is 0 Å². The van der Waals surface area contributed by atoms with Gasteiger partial charge in [-0.3, -0.25) is 0 Å². The first-order chi connectivity index (χ1) is 7.83. The lowest BCUT2D eigenvalue weighted by atomic mass is 10.2. The third-order valence-electron chi connectivity index (χ3n) is 2.15. The van der Waals surface area contributed by atoms with Crippen molar-refractivity contribution < 1.29 is 0 Å². The normalized spacial score (nSPS) is 10.8. The molecular weight excluding hydrogens is 192 g/mol. The van der Waals surface area contributed by atoms with Gasteiger partial charge < -0.3 is 0 Å². The van der Waals surface area contributed by atoms with Crippen molar-refractivity contribution in [2.24, 2.45) is 0 Å². The number of rotatable bonds is 8. The van der Waals surface area contributed by atoms with E-state index in [1.54, 1.807) is 0 Å². The molecule has 0 heterocycles. The van der Waals surface area contributed by atoms with Gasteiger partial charge in [-0.05, 0) is 25.7 Å². The summed E-state index contributed by atoms with van der Waals surface area (Å²) >= 11 is 0. The molecule has 0 aliphatic carbocycles. The van der Waals surface area contributed by atoms with Gasteiger partial charge in [0, 0.05) is 0 Å². The maximum atomic E-state index is 2.27. The molecule has 0 rings (SSSR count). The fourth-order valence-electron chi connectivity index (χ4n) is 1.14. The van der Waals surface area contributed by atoms with Crippen LogP contribution in [0.25, 0.3) is 0 Å². The molecule has 0 aromatic heterocycles. The molecule has 0 aromatic carbocycles. The van der Waals surface area contributed by atoms with E-state index in [-0.39, 0.29) is 0 Å². The lowest BCUT2D eigenvalue weighted by molar-refractivity contribution is 0.921. The second kappa shape index (κ2) is 20.0. The van der Waals surface area contributed by atoms with Crippen LogP contribution in [0.1, 0.15) is 79.1 Å². The molecular formula is C16H32. The molecule has 0 aliphatic rings. The fraction of sp³-hybridized carbons (Fsp3) is 0.750. The molecule has 0 bridgehead atoms. The Morgan fingerprint density at radius 2 is 0.625 bits per heavy atom. The predicted octanol–water partition coefficient (Wildman–Crippen LogP) is 6.29. The van der Waals surface area contributed by atoms with Gasteiger partial charge in [0.15, 0.2) is 0 Å². The smallest absolute Gasteiger partial charge is 0.0353 e. The first-order valence-corrected chi connectivity index (χ1v) is 7.13. The molecule has 0 unspecified atom stereocenters. The van der Waals surface area contributed by atoms with Crippen molar-refractivity contribution in [1.29, 1.82) is 0 Å². The van der Waals surface area contributed by atoms with E-state index >= 15 is 0 Å². The third-order valence-corrected chi connectivity index (χ3v) is 2.15. The monoisotopic (exact) mass is 224 g/mol. The van der Waals surface area contributed by atoms with E-state index < -0.39 is 0 Å². The van der Waals surface area contributed by atoms with E-state index in [0.29, 0.717) is 0 Å². The van der Waals surface area contributed by atoms with Crippen LogP contribution in [0.15, 0.2) is 24.3 Å². The number of unbranched alkanes of at least 4 members (excludes halogenated alkanes) is 4. The van der Waals surface area contributed by atoms with Gasteiger partial charge in [-0.25, -0.2) is 0 Å². The minimum Gasteiger partial charge on any atom is -0.0885 e. The lowest BCUT2D eigenvalue weighted by Crippen LogP contribution is -1.62. The Morgan fingerprint density at radius 3 is 0.750 bits per heavy atom. The molecule has 0 spiro atoms. The van der Waals surface area contributed by atoms with Crippen LogP contribution in [-0.4, -0.2) is 0 Å². The zero-order valence-electron chi connectivity index (χ0n) is 12.0. The van der Waals surface area contributed by atoms with Gasteiger partial charge >= 0.3 is 0 Å². The highest BCUT2D eigenvalue weighted by Gasteiger charge is 1.72. The van der Waals surface area contributed by atoms with E-state index in [2.05, 4.69) is 52.0 Å². The first kappa shape index (κ1) is 17.9. The Morgan fingerprint density at radius 1 is 0.438 bits per heavy atom. The maximum absolute atomic E-state index is 2.27.